The molecule has 0 saturated heterocycles. The minimum Gasteiger partial charge on any atom is -0.481 e. The Bertz CT molecular complexity index is 995. The fraction of sp³-hybridized carbons (Fsp3) is 0.476. The maximum absolute atomic E-state index is 14.5. The van der Waals surface area contributed by atoms with Crippen molar-refractivity contribution in [1.82, 2.24) is 10.3 Å². The van der Waals surface area contributed by atoms with Gasteiger partial charge in [0.1, 0.15) is 23.1 Å². The summed E-state index contributed by atoms with van der Waals surface area (Å²) in [7, 11) is 0. The van der Waals surface area contributed by atoms with E-state index in [1.54, 1.807) is 12.1 Å². The van der Waals surface area contributed by atoms with Crippen molar-refractivity contribution in [2.45, 2.75) is 38.1 Å². The van der Waals surface area contributed by atoms with Crippen molar-refractivity contribution in [2.75, 3.05) is 12.3 Å². The lowest BCUT2D eigenvalue weighted by atomic mass is 9.62. The smallest absolute Gasteiger partial charge is 0.308 e. The third-order valence-corrected chi connectivity index (χ3v) is 6.46. The van der Waals surface area contributed by atoms with Gasteiger partial charge in [0.05, 0.1) is 12.0 Å². The SMILES string of the molecule is N=C(C(N)=NC(=N[C@H]1C2CCC(CC2)[C@@H]1C(=O)O)C1=C(F)CCN1)c1cccnc1N. The summed E-state index contributed by atoms with van der Waals surface area (Å²) in [6.07, 6.45) is 5.22. The summed E-state index contributed by atoms with van der Waals surface area (Å²) in [5, 5.41) is 21.1. The fourth-order valence-corrected chi connectivity index (χ4v) is 4.90. The van der Waals surface area contributed by atoms with E-state index in [0.29, 0.717) is 12.1 Å². The molecule has 7 N–H and O–H groups in total. The molecule has 4 aliphatic rings. The van der Waals surface area contributed by atoms with Crippen molar-refractivity contribution in [2.24, 2.45) is 33.5 Å². The summed E-state index contributed by atoms with van der Waals surface area (Å²) in [6.45, 7) is 0.391. The molecule has 1 aromatic heterocycles. The number of nitrogens with two attached hydrogens (primary N) is 2. The number of aliphatic carboxylic acids is 1. The summed E-state index contributed by atoms with van der Waals surface area (Å²) in [6, 6.07) is 2.72. The Morgan fingerprint density at radius 3 is 2.61 bits per heavy atom. The minimum atomic E-state index is -0.885. The number of hydrogen-bond donors (Lipinski definition) is 5. The van der Waals surface area contributed by atoms with Crippen molar-refractivity contribution >= 4 is 29.2 Å². The third kappa shape index (κ3) is 4.01. The van der Waals surface area contributed by atoms with E-state index in [4.69, 9.17) is 16.9 Å². The van der Waals surface area contributed by atoms with Crippen LogP contribution in [0.3, 0.4) is 0 Å². The Kier molecular flexibility index (Phi) is 5.71. The number of rotatable bonds is 5. The van der Waals surface area contributed by atoms with Gasteiger partial charge in [0.2, 0.25) is 0 Å². The van der Waals surface area contributed by atoms with Gasteiger partial charge in [0, 0.05) is 24.7 Å². The molecule has 0 aromatic carbocycles. The Morgan fingerprint density at radius 1 is 1.29 bits per heavy atom. The lowest BCUT2D eigenvalue weighted by Crippen LogP contribution is -2.47. The third-order valence-electron chi connectivity index (χ3n) is 6.46. The summed E-state index contributed by atoms with van der Waals surface area (Å²) in [4.78, 5) is 24.9. The number of anilines is 1. The van der Waals surface area contributed by atoms with Gasteiger partial charge in [-0.3, -0.25) is 15.2 Å². The van der Waals surface area contributed by atoms with Crippen LogP contribution in [0.1, 0.15) is 37.7 Å². The van der Waals surface area contributed by atoms with E-state index >= 15 is 0 Å². The number of aliphatic imine (C=N–C) groups is 2. The molecule has 3 fully saturated rings. The molecule has 1 aliphatic heterocycles. The standard InChI is InChI=1S/C21H26FN7O2/c22-13-7-9-26-17(13)20(29-19(25)15(23)12-2-1-8-27-18(12)24)28-16-11-5-3-10(4-6-11)14(16)21(30)31/h1-2,8,10-11,14,16,23,26H,3-7,9H2,(H2,24,27)(H,30,31)(H2,25,28,29)/t10?,11?,14-,16-/m0/s1. The number of hydrogen-bond acceptors (Lipinski definition) is 6. The molecule has 3 aliphatic carbocycles. The molecular formula is C21H26FN7O2. The lowest BCUT2D eigenvalue weighted by Gasteiger charge is -2.45. The van der Waals surface area contributed by atoms with Crippen LogP contribution in [0, 0.1) is 23.2 Å². The molecule has 2 heterocycles. The number of halogens is 1. The molecule has 2 atom stereocenters. The average Bonchev–Trinajstić information content (AvgIpc) is 3.19. The molecule has 0 unspecified atom stereocenters. The van der Waals surface area contributed by atoms with Crippen LogP contribution in [0.4, 0.5) is 10.2 Å². The number of carboxylic acids is 1. The van der Waals surface area contributed by atoms with Crippen molar-refractivity contribution in [1.29, 1.82) is 5.41 Å². The number of nitrogen functional groups attached to an aromatic ring is 1. The zero-order chi connectivity index (χ0) is 22.1. The number of fused-ring (bicyclic) bond motifs is 3. The number of nitrogens with one attached hydrogen (secondary N) is 2. The van der Waals surface area contributed by atoms with Gasteiger partial charge in [-0.15, -0.1) is 0 Å². The molecule has 2 bridgehead atoms. The van der Waals surface area contributed by atoms with E-state index in [0.717, 1.165) is 25.7 Å². The molecule has 0 amide bonds. The van der Waals surface area contributed by atoms with Crippen molar-refractivity contribution in [3.63, 3.8) is 0 Å². The summed E-state index contributed by atoms with van der Waals surface area (Å²) < 4.78 is 14.5. The molecule has 3 saturated carbocycles. The topological polar surface area (TPSA) is 163 Å². The van der Waals surface area contributed by atoms with E-state index in [1.807, 2.05) is 0 Å². The van der Waals surface area contributed by atoms with Crippen LogP contribution in [-0.4, -0.2) is 46.0 Å². The maximum Gasteiger partial charge on any atom is 0.308 e. The first-order chi connectivity index (χ1) is 14.9. The normalized spacial score (nSPS) is 28.5. The second kappa shape index (κ2) is 8.44. The number of nitrogens with zero attached hydrogens (tertiary/aromatic N) is 3. The zero-order valence-electron chi connectivity index (χ0n) is 17.0. The predicted octanol–water partition coefficient (Wildman–Crippen LogP) is 1.85. The second-order valence-corrected chi connectivity index (χ2v) is 8.25. The second-order valence-electron chi connectivity index (χ2n) is 8.25. The monoisotopic (exact) mass is 427 g/mol. The van der Waals surface area contributed by atoms with Gasteiger partial charge < -0.3 is 21.9 Å². The Hall–Kier alpha value is -3.30. The minimum absolute atomic E-state index is 0.00325. The Balaban J connectivity index is 1.74. The van der Waals surface area contributed by atoms with Crippen molar-refractivity contribution < 1.29 is 14.3 Å². The van der Waals surface area contributed by atoms with Crippen LogP contribution < -0.4 is 16.8 Å². The van der Waals surface area contributed by atoms with Gasteiger partial charge in [-0.25, -0.2) is 14.4 Å². The summed E-state index contributed by atoms with van der Waals surface area (Å²) in [5.74, 6) is -1.82. The van der Waals surface area contributed by atoms with E-state index < -0.39 is 23.8 Å². The first-order valence-corrected chi connectivity index (χ1v) is 10.4. The van der Waals surface area contributed by atoms with E-state index in [2.05, 4.69) is 20.3 Å². The number of amidine groups is 2. The quantitative estimate of drug-likeness (QED) is 0.356. The van der Waals surface area contributed by atoms with E-state index in [-0.39, 0.29) is 47.2 Å². The number of aromatic nitrogens is 1. The highest BCUT2D eigenvalue weighted by atomic mass is 19.1. The van der Waals surface area contributed by atoms with Crippen molar-refractivity contribution in [3.05, 3.63) is 35.4 Å². The highest BCUT2D eigenvalue weighted by Gasteiger charge is 2.47. The molecule has 5 rings (SSSR count). The van der Waals surface area contributed by atoms with Crippen LogP contribution >= 0.6 is 0 Å². The maximum atomic E-state index is 14.5. The summed E-state index contributed by atoms with van der Waals surface area (Å²) >= 11 is 0. The van der Waals surface area contributed by atoms with Gasteiger partial charge in [-0.1, -0.05) is 0 Å². The fourth-order valence-electron chi connectivity index (χ4n) is 4.90. The number of carboxylic acid groups (broad SMARTS) is 1. The van der Waals surface area contributed by atoms with E-state index in [9.17, 15) is 14.3 Å². The first kappa shape index (κ1) is 21.0. The van der Waals surface area contributed by atoms with Gasteiger partial charge >= 0.3 is 5.97 Å². The van der Waals surface area contributed by atoms with Gasteiger partial charge in [0.15, 0.2) is 11.7 Å². The predicted molar refractivity (Wildman–Crippen MR) is 116 cm³/mol. The van der Waals surface area contributed by atoms with Gasteiger partial charge in [-0.05, 0) is 49.7 Å². The highest BCUT2D eigenvalue weighted by molar-refractivity contribution is 6.48. The highest BCUT2D eigenvalue weighted by Crippen LogP contribution is 2.47. The van der Waals surface area contributed by atoms with Crippen LogP contribution in [0.2, 0.25) is 0 Å². The molecule has 1 aromatic rings. The van der Waals surface area contributed by atoms with Gasteiger partial charge in [0.25, 0.3) is 0 Å². The molecule has 0 radical (unpaired) electrons. The molecule has 10 heteroatoms. The molecule has 31 heavy (non-hydrogen) atoms. The molecule has 0 spiro atoms. The number of carbonyl (C=O) groups is 1. The average molecular weight is 427 g/mol. The summed E-state index contributed by atoms with van der Waals surface area (Å²) in [5.41, 5.74) is 12.2. The van der Waals surface area contributed by atoms with E-state index in [1.165, 1.54) is 6.20 Å². The van der Waals surface area contributed by atoms with Crippen LogP contribution in [0.15, 0.2) is 39.8 Å². The van der Waals surface area contributed by atoms with Crippen molar-refractivity contribution in [3.8, 4) is 0 Å². The number of pyridine rings is 1. The van der Waals surface area contributed by atoms with Gasteiger partial charge in [-0.2, -0.15) is 0 Å². The largest absolute Gasteiger partial charge is 0.481 e. The Labute approximate surface area is 179 Å². The molecular weight excluding hydrogens is 401 g/mol. The lowest BCUT2D eigenvalue weighted by molar-refractivity contribution is -0.148. The van der Waals surface area contributed by atoms with Crippen LogP contribution in [-0.2, 0) is 4.79 Å². The first-order valence-electron chi connectivity index (χ1n) is 10.4. The zero-order valence-corrected chi connectivity index (χ0v) is 17.0. The Morgan fingerprint density at radius 2 is 2.00 bits per heavy atom. The molecule has 9 nitrogen and oxygen atoms in total. The van der Waals surface area contributed by atoms with Crippen LogP contribution in [0.5, 0.6) is 0 Å². The van der Waals surface area contributed by atoms with Crippen LogP contribution in [0.25, 0.3) is 0 Å². The molecule has 164 valence electrons.